The largest absolute Gasteiger partial charge is 0.255 e. The highest BCUT2D eigenvalue weighted by Gasteiger charge is 2.34. The molecule has 2 heteroatoms. The van der Waals surface area contributed by atoms with Crippen molar-refractivity contribution in [1.82, 2.24) is 0 Å². The third-order valence-electron chi connectivity index (χ3n) is 1.41. The zero-order chi connectivity index (χ0) is 10.5. The molecule has 0 saturated carbocycles. The molecule has 13 heavy (non-hydrogen) atoms. The van der Waals surface area contributed by atoms with Crippen molar-refractivity contribution in [3.63, 3.8) is 0 Å². The highest BCUT2D eigenvalue weighted by molar-refractivity contribution is 4.92. The predicted molar refractivity (Wildman–Crippen MR) is 50.3 cm³/mol. The molecule has 0 aliphatic rings. The standard InChI is InChI=1S/C11H16F2/c1-5-6-7-8-11(12,13)9-10(2,3)4/h1H,6-7,9H2,2-4H3. The first kappa shape index (κ1) is 12.4. The van der Waals surface area contributed by atoms with E-state index in [1.165, 1.54) is 0 Å². The molecule has 0 saturated heterocycles. The lowest BCUT2D eigenvalue weighted by atomic mass is 9.87. The molecule has 0 N–H and O–H groups in total. The van der Waals surface area contributed by atoms with Gasteiger partial charge in [-0.3, -0.25) is 0 Å². The predicted octanol–water partition coefficient (Wildman–Crippen LogP) is 3.55. The van der Waals surface area contributed by atoms with Crippen LogP contribution in [0.2, 0.25) is 0 Å². The summed E-state index contributed by atoms with van der Waals surface area (Å²) in [5, 5.41) is 0. The second-order valence-electron chi connectivity index (χ2n) is 4.32. The van der Waals surface area contributed by atoms with Crippen molar-refractivity contribution in [2.75, 3.05) is 0 Å². The minimum absolute atomic E-state index is 0.166. The Morgan fingerprint density at radius 3 is 2.08 bits per heavy atom. The molecule has 0 aromatic rings. The molecule has 0 heterocycles. The first-order valence-electron chi connectivity index (χ1n) is 4.33. The lowest BCUT2D eigenvalue weighted by molar-refractivity contribution is -0.00614. The highest BCUT2D eigenvalue weighted by atomic mass is 19.3. The molecule has 0 amide bonds. The molecule has 74 valence electrons. The van der Waals surface area contributed by atoms with Gasteiger partial charge in [-0.1, -0.05) is 20.8 Å². The van der Waals surface area contributed by atoms with Gasteiger partial charge in [0.05, 0.1) is 6.42 Å². The van der Waals surface area contributed by atoms with Gasteiger partial charge in [0.2, 0.25) is 0 Å². The molecule has 0 spiro atoms. The van der Waals surface area contributed by atoms with Crippen LogP contribution in [0.3, 0.4) is 0 Å². The summed E-state index contributed by atoms with van der Waals surface area (Å²) in [5.74, 6) is -0.503. The molecule has 0 nitrogen and oxygen atoms in total. The van der Waals surface area contributed by atoms with Crippen LogP contribution in [0, 0.1) is 24.2 Å². The monoisotopic (exact) mass is 186 g/mol. The van der Waals surface area contributed by atoms with Gasteiger partial charge >= 0.3 is 0 Å². The van der Waals surface area contributed by atoms with Crippen molar-refractivity contribution in [1.29, 1.82) is 0 Å². The van der Waals surface area contributed by atoms with Crippen molar-refractivity contribution in [2.45, 2.75) is 46.0 Å². The van der Waals surface area contributed by atoms with E-state index in [1.807, 2.05) is 0 Å². The van der Waals surface area contributed by atoms with Crippen molar-refractivity contribution in [3.05, 3.63) is 6.42 Å². The van der Waals surface area contributed by atoms with E-state index in [1.54, 1.807) is 20.8 Å². The Morgan fingerprint density at radius 2 is 1.69 bits per heavy atom. The number of halogens is 2. The summed E-state index contributed by atoms with van der Waals surface area (Å²) >= 11 is 0. The summed E-state index contributed by atoms with van der Waals surface area (Å²) in [4.78, 5) is 0. The summed E-state index contributed by atoms with van der Waals surface area (Å²) < 4.78 is 26.1. The van der Waals surface area contributed by atoms with Crippen LogP contribution in [0.25, 0.3) is 0 Å². The van der Waals surface area contributed by atoms with Crippen LogP contribution in [0.5, 0.6) is 0 Å². The number of unbranched alkanes of at least 4 members (excludes halogenated alkanes) is 1. The maximum Gasteiger partial charge on any atom is 0.255 e. The lowest BCUT2D eigenvalue weighted by Gasteiger charge is -2.24. The van der Waals surface area contributed by atoms with Gasteiger partial charge in [0.15, 0.2) is 0 Å². The van der Waals surface area contributed by atoms with Gasteiger partial charge in [-0.2, -0.15) is 0 Å². The average Bonchev–Trinajstić information content (AvgIpc) is 1.81. The molecule has 0 aromatic carbocycles. The van der Waals surface area contributed by atoms with E-state index < -0.39 is 5.92 Å². The molecule has 0 unspecified atom stereocenters. The fourth-order valence-corrected chi connectivity index (χ4v) is 1.05. The fourth-order valence-electron chi connectivity index (χ4n) is 1.05. The van der Waals surface area contributed by atoms with E-state index in [-0.39, 0.29) is 18.3 Å². The third-order valence-corrected chi connectivity index (χ3v) is 1.41. The average molecular weight is 186 g/mol. The minimum atomic E-state index is -2.81. The number of hydrogen-bond donors (Lipinski definition) is 0. The van der Waals surface area contributed by atoms with Crippen LogP contribution in [-0.4, -0.2) is 5.92 Å². The molecule has 0 aromatic heterocycles. The van der Waals surface area contributed by atoms with Gasteiger partial charge in [-0.25, -0.2) is 8.78 Å². The molecule has 0 aliphatic heterocycles. The molecule has 0 aliphatic carbocycles. The second-order valence-corrected chi connectivity index (χ2v) is 4.32. The number of hydrogen-bond acceptors (Lipinski definition) is 0. The Balaban J connectivity index is 3.88. The molecule has 0 rings (SSSR count). The van der Waals surface area contributed by atoms with Crippen molar-refractivity contribution in [3.8, 4) is 12.3 Å². The summed E-state index contributed by atoms with van der Waals surface area (Å²) in [7, 11) is 0. The molecule has 0 bridgehead atoms. The lowest BCUT2D eigenvalue weighted by Crippen LogP contribution is -2.24. The van der Waals surface area contributed by atoms with E-state index in [2.05, 4.69) is 12.3 Å². The maximum absolute atomic E-state index is 13.1. The van der Waals surface area contributed by atoms with E-state index in [4.69, 9.17) is 6.42 Å². The van der Waals surface area contributed by atoms with Gasteiger partial charge < -0.3 is 0 Å². The van der Waals surface area contributed by atoms with Gasteiger partial charge in [0, 0.05) is 12.8 Å². The minimum Gasteiger partial charge on any atom is -0.206 e. The first-order valence-corrected chi connectivity index (χ1v) is 4.33. The SMILES string of the molecule is C#CCC[C]C(F)(F)CC(C)(C)C. The van der Waals surface area contributed by atoms with Crippen LogP contribution >= 0.6 is 0 Å². The van der Waals surface area contributed by atoms with Crippen LogP contribution in [0.1, 0.15) is 40.0 Å². The number of terminal acetylenes is 1. The summed E-state index contributed by atoms with van der Waals surface area (Å²) in [5.41, 5.74) is -0.382. The molecule has 0 atom stereocenters. The van der Waals surface area contributed by atoms with Crippen LogP contribution in [-0.2, 0) is 0 Å². The van der Waals surface area contributed by atoms with Gasteiger partial charge in [-0.15, -0.1) is 12.3 Å². The zero-order valence-electron chi connectivity index (χ0n) is 8.45. The van der Waals surface area contributed by atoms with E-state index in [0.29, 0.717) is 6.42 Å². The normalized spacial score (nSPS) is 12.6. The fraction of sp³-hybridized carbons (Fsp3) is 0.727. The van der Waals surface area contributed by atoms with Gasteiger partial charge in [-0.05, 0) is 11.8 Å². The Morgan fingerprint density at radius 1 is 1.15 bits per heavy atom. The van der Waals surface area contributed by atoms with Crippen LogP contribution < -0.4 is 0 Å². The Bertz CT molecular complexity index is 181. The molecule has 0 fully saturated rings. The summed E-state index contributed by atoms with van der Waals surface area (Å²) in [6.45, 7) is 5.34. The summed E-state index contributed by atoms with van der Waals surface area (Å²) in [6.07, 6.45) is 7.41. The molecular weight excluding hydrogens is 170 g/mol. The Kier molecular flexibility index (Phi) is 4.39. The van der Waals surface area contributed by atoms with Crippen molar-refractivity contribution >= 4 is 0 Å². The quantitative estimate of drug-likeness (QED) is 0.465. The highest BCUT2D eigenvalue weighted by Crippen LogP contribution is 2.34. The smallest absolute Gasteiger partial charge is 0.206 e. The van der Waals surface area contributed by atoms with Gasteiger partial charge in [0.1, 0.15) is 0 Å². The molecular formula is C11H16F2. The van der Waals surface area contributed by atoms with E-state index in [9.17, 15) is 8.78 Å². The van der Waals surface area contributed by atoms with Crippen LogP contribution in [0.15, 0.2) is 0 Å². The van der Waals surface area contributed by atoms with E-state index >= 15 is 0 Å². The zero-order valence-corrected chi connectivity index (χ0v) is 8.45. The number of alkyl halides is 2. The Hall–Kier alpha value is -0.580. The summed E-state index contributed by atoms with van der Waals surface area (Å²) in [6, 6.07) is 0. The Labute approximate surface area is 79.7 Å². The maximum atomic E-state index is 13.1. The van der Waals surface area contributed by atoms with Crippen molar-refractivity contribution in [2.24, 2.45) is 5.41 Å². The second kappa shape index (κ2) is 4.60. The topological polar surface area (TPSA) is 0 Å². The third kappa shape index (κ3) is 7.77. The first-order chi connectivity index (χ1) is 5.77. The molecule has 2 radical (unpaired) electrons. The van der Waals surface area contributed by atoms with Crippen LogP contribution in [0.4, 0.5) is 8.78 Å². The van der Waals surface area contributed by atoms with Crippen molar-refractivity contribution < 1.29 is 8.78 Å². The number of rotatable bonds is 4. The van der Waals surface area contributed by atoms with E-state index in [0.717, 1.165) is 0 Å². The van der Waals surface area contributed by atoms with Gasteiger partial charge in [0.25, 0.3) is 5.92 Å².